The monoisotopic (exact) mass is 850 g/mol. The van der Waals surface area contributed by atoms with Gasteiger partial charge < -0.3 is 45.4 Å². The molecule has 8 rings (SSSR count). The molecule has 4 aliphatic heterocycles. The van der Waals surface area contributed by atoms with Crippen molar-refractivity contribution in [3.63, 3.8) is 0 Å². The summed E-state index contributed by atoms with van der Waals surface area (Å²) in [5.74, 6) is -0.165. The molecule has 328 valence electrons. The number of carbonyl (C=O) groups excluding carboxylic acids is 6. The highest BCUT2D eigenvalue weighted by Crippen LogP contribution is 2.33. The molecule has 3 saturated heterocycles. The summed E-state index contributed by atoms with van der Waals surface area (Å²) in [4.78, 5) is 91.2. The average molecular weight is 851 g/mol. The van der Waals surface area contributed by atoms with Gasteiger partial charge in [-0.1, -0.05) is 12.1 Å². The Balaban J connectivity index is 0.716. The number of benzene rings is 2. The summed E-state index contributed by atoms with van der Waals surface area (Å²) in [5.41, 5.74) is 8.94. The van der Waals surface area contributed by atoms with E-state index in [0.29, 0.717) is 94.4 Å². The zero-order chi connectivity index (χ0) is 43.3. The second-order valence-electron chi connectivity index (χ2n) is 16.7. The summed E-state index contributed by atoms with van der Waals surface area (Å²) in [6.07, 6.45) is 7.42. The Morgan fingerprint density at radius 3 is 2.55 bits per heavy atom. The summed E-state index contributed by atoms with van der Waals surface area (Å²) in [5, 5.41) is 8.54. The van der Waals surface area contributed by atoms with E-state index >= 15 is 0 Å². The van der Waals surface area contributed by atoms with Crippen LogP contribution < -0.4 is 31.3 Å². The van der Waals surface area contributed by atoms with Crippen LogP contribution in [0.2, 0.25) is 0 Å². The van der Waals surface area contributed by atoms with Gasteiger partial charge in [0.25, 0.3) is 11.8 Å². The van der Waals surface area contributed by atoms with Crippen LogP contribution in [-0.2, 0) is 32.1 Å². The number of aryl methyl sites for hydroxylation is 1. The molecule has 2 atom stereocenters. The molecule has 7 amide bonds. The molecule has 1 aromatic heterocycles. The van der Waals surface area contributed by atoms with Crippen molar-refractivity contribution in [2.75, 3.05) is 63.2 Å². The fraction of sp³-hybridized carbons (Fsp3) is 0.500. The number of likely N-dealkylation sites (N-methyl/N-ethyl adjacent to an activating group) is 1. The number of anilines is 3. The molecule has 0 bridgehead atoms. The molecule has 1 unspecified atom stereocenters. The van der Waals surface area contributed by atoms with E-state index in [2.05, 4.69) is 25.8 Å². The molecule has 5 N–H and O–H groups in total. The van der Waals surface area contributed by atoms with Crippen LogP contribution in [0.5, 0.6) is 5.75 Å². The van der Waals surface area contributed by atoms with Crippen LogP contribution in [0.15, 0.2) is 48.7 Å². The van der Waals surface area contributed by atoms with E-state index in [9.17, 15) is 28.8 Å². The molecule has 5 heterocycles. The molecule has 18 nitrogen and oxygen atoms in total. The van der Waals surface area contributed by atoms with Crippen molar-refractivity contribution in [2.45, 2.75) is 82.5 Å². The van der Waals surface area contributed by atoms with E-state index in [1.165, 1.54) is 0 Å². The minimum atomic E-state index is -0.700. The lowest BCUT2D eigenvalue weighted by molar-refractivity contribution is -0.137. The molecule has 62 heavy (non-hydrogen) atoms. The number of amides is 7. The predicted octanol–water partition coefficient (Wildman–Crippen LogP) is 2.73. The van der Waals surface area contributed by atoms with E-state index in [0.717, 1.165) is 43.4 Å². The Morgan fingerprint density at radius 2 is 1.79 bits per heavy atom. The highest BCUT2D eigenvalue weighted by molar-refractivity contribution is 6.05. The lowest BCUT2D eigenvalue weighted by Gasteiger charge is -2.37. The number of piperidine rings is 2. The maximum Gasteiger partial charge on any atom is 0.320 e. The number of ether oxygens (including phenoxy) is 2. The third-order valence-corrected chi connectivity index (χ3v) is 12.5. The van der Waals surface area contributed by atoms with Crippen molar-refractivity contribution in [3.8, 4) is 5.75 Å². The highest BCUT2D eigenvalue weighted by atomic mass is 16.5. The number of aromatic nitrogens is 2. The van der Waals surface area contributed by atoms with Crippen LogP contribution >= 0.6 is 0 Å². The fourth-order valence-corrected chi connectivity index (χ4v) is 8.93. The standard InChI is InChI=1S/C44H54N10O8/c1-51-18-19-53(44(51)60)30-8-3-17-52(25-30)36-24-47-38(39(45)56)40(49-36)48-29-10-12-31(13-11-29)61-21-5-16-46-41(57)28-22-32(23-28)62-20-4-7-27-6-2-9-33-34(27)26-54(43(33)59)35-14-15-37(55)50-42(35)58/h2,6,9-13,24,28,30,32,35H,3-5,7-8,14-23,25-26H2,1H3,(H2,45,56)(H,46,57)(H,48,49)(H,50,55,58)/t28-,30-,32+,35?/m1/s1. The van der Waals surface area contributed by atoms with Gasteiger partial charge in [-0.25, -0.2) is 14.8 Å². The summed E-state index contributed by atoms with van der Waals surface area (Å²) in [6.45, 7) is 4.59. The topological polar surface area (TPSA) is 222 Å². The Labute approximate surface area is 359 Å². The molecular weight excluding hydrogens is 797 g/mol. The third kappa shape index (κ3) is 9.44. The van der Waals surface area contributed by atoms with Crippen LogP contribution in [0.4, 0.5) is 22.1 Å². The van der Waals surface area contributed by atoms with Gasteiger partial charge >= 0.3 is 6.03 Å². The second-order valence-corrected chi connectivity index (χ2v) is 16.7. The minimum absolute atomic E-state index is 0.0162. The lowest BCUT2D eigenvalue weighted by Crippen LogP contribution is -2.52. The number of hydrogen-bond acceptors (Lipinski definition) is 12. The van der Waals surface area contributed by atoms with Crippen molar-refractivity contribution in [1.82, 2.24) is 35.3 Å². The maximum absolute atomic E-state index is 13.1. The van der Waals surface area contributed by atoms with Gasteiger partial charge in [-0.15, -0.1) is 0 Å². The fourth-order valence-electron chi connectivity index (χ4n) is 8.93. The smallest absolute Gasteiger partial charge is 0.320 e. The summed E-state index contributed by atoms with van der Waals surface area (Å²) in [6, 6.07) is 12.4. The first-order valence-electron chi connectivity index (χ1n) is 21.6. The van der Waals surface area contributed by atoms with Gasteiger partial charge in [0.2, 0.25) is 17.7 Å². The van der Waals surface area contributed by atoms with Gasteiger partial charge in [-0.2, -0.15) is 0 Å². The van der Waals surface area contributed by atoms with Crippen molar-refractivity contribution in [3.05, 3.63) is 71.0 Å². The quantitative estimate of drug-likeness (QED) is 0.114. The van der Waals surface area contributed by atoms with Gasteiger partial charge in [0.05, 0.1) is 24.9 Å². The van der Waals surface area contributed by atoms with Crippen LogP contribution in [0.3, 0.4) is 0 Å². The Kier molecular flexibility index (Phi) is 12.8. The molecule has 3 aromatic rings. The SMILES string of the molecule is CN1CCN([C@@H]2CCCN(c3cnc(C(N)=O)c(Nc4ccc(OCCCNC(=O)[C@H]5C[C@@H](OCCCc6cccc7c6CN(C6CCC(=O)NC6=O)C7=O)C5)cc4)n3)C2)C1=O. The second kappa shape index (κ2) is 18.8. The number of urea groups is 1. The van der Waals surface area contributed by atoms with Crippen LogP contribution in [0, 0.1) is 5.92 Å². The normalized spacial score (nSPS) is 22.3. The van der Waals surface area contributed by atoms with Gasteiger partial charge in [0.1, 0.15) is 17.6 Å². The first-order chi connectivity index (χ1) is 30.0. The molecule has 0 spiro atoms. The third-order valence-electron chi connectivity index (χ3n) is 12.5. The molecule has 18 heteroatoms. The molecule has 2 aromatic carbocycles. The van der Waals surface area contributed by atoms with Gasteiger partial charge in [0, 0.05) is 76.5 Å². The van der Waals surface area contributed by atoms with E-state index < -0.39 is 17.9 Å². The number of nitrogens with two attached hydrogens (primary N) is 1. The van der Waals surface area contributed by atoms with Gasteiger partial charge in [-0.05, 0) is 92.8 Å². The number of nitrogens with one attached hydrogen (secondary N) is 3. The van der Waals surface area contributed by atoms with Crippen molar-refractivity contribution < 1.29 is 38.2 Å². The first kappa shape index (κ1) is 42.4. The first-order valence-corrected chi connectivity index (χ1v) is 21.6. The van der Waals surface area contributed by atoms with Crippen LogP contribution in [-0.4, -0.2) is 131 Å². The van der Waals surface area contributed by atoms with Crippen LogP contribution in [0.25, 0.3) is 0 Å². The van der Waals surface area contributed by atoms with Gasteiger partial charge in [0.15, 0.2) is 11.5 Å². The van der Waals surface area contributed by atoms with Crippen molar-refractivity contribution in [1.29, 1.82) is 0 Å². The molecular formula is C44H54N10O8. The van der Waals surface area contributed by atoms with Crippen molar-refractivity contribution >= 4 is 52.9 Å². The molecule has 1 saturated carbocycles. The summed E-state index contributed by atoms with van der Waals surface area (Å²) >= 11 is 0. The number of imide groups is 1. The number of nitrogens with zero attached hydrogens (tertiary/aromatic N) is 6. The van der Waals surface area contributed by atoms with E-state index in [4.69, 9.17) is 20.2 Å². The van der Waals surface area contributed by atoms with E-state index in [1.54, 1.807) is 34.2 Å². The summed E-state index contributed by atoms with van der Waals surface area (Å²) < 4.78 is 12.0. The maximum atomic E-state index is 13.1. The molecule has 4 fully saturated rings. The Bertz CT molecular complexity index is 2200. The summed E-state index contributed by atoms with van der Waals surface area (Å²) in [7, 11) is 1.82. The lowest BCUT2D eigenvalue weighted by atomic mass is 9.81. The zero-order valence-electron chi connectivity index (χ0n) is 35.0. The van der Waals surface area contributed by atoms with Crippen molar-refractivity contribution in [2.24, 2.45) is 11.7 Å². The molecule has 5 aliphatic rings. The minimum Gasteiger partial charge on any atom is -0.494 e. The van der Waals surface area contributed by atoms with E-state index in [-0.39, 0.29) is 59.7 Å². The number of carbonyl (C=O) groups is 6. The van der Waals surface area contributed by atoms with Crippen LogP contribution in [0.1, 0.15) is 83.3 Å². The molecule has 1 aliphatic carbocycles. The van der Waals surface area contributed by atoms with E-state index in [1.807, 2.05) is 36.2 Å². The number of primary amides is 1. The zero-order valence-corrected chi connectivity index (χ0v) is 35.0. The molecule has 0 radical (unpaired) electrons. The number of rotatable bonds is 17. The number of hydrogen-bond donors (Lipinski definition) is 4. The predicted molar refractivity (Wildman–Crippen MR) is 227 cm³/mol. The average Bonchev–Trinajstić information content (AvgIpc) is 3.77. The van der Waals surface area contributed by atoms with Gasteiger partial charge in [-0.3, -0.25) is 29.3 Å². The Hall–Kier alpha value is -6.30. The Morgan fingerprint density at radius 1 is 0.968 bits per heavy atom. The largest absolute Gasteiger partial charge is 0.494 e. The number of fused-ring (bicyclic) bond motifs is 1. The highest BCUT2D eigenvalue weighted by Gasteiger charge is 2.40.